The smallest absolute Gasteiger partial charge is 0.328 e. The molecular formula is C21H21NO5. The van der Waals surface area contributed by atoms with Crippen molar-refractivity contribution in [3.05, 3.63) is 59.7 Å². The predicted molar refractivity (Wildman–Crippen MR) is 98.9 cm³/mol. The number of hydrogen-bond donors (Lipinski definition) is 1. The minimum absolute atomic E-state index is 0.00832. The summed E-state index contributed by atoms with van der Waals surface area (Å²) in [6.07, 6.45) is 0.121. The van der Waals surface area contributed by atoms with Gasteiger partial charge in [-0.05, 0) is 28.7 Å². The average molecular weight is 367 g/mol. The number of amides is 1. The summed E-state index contributed by atoms with van der Waals surface area (Å²) >= 11 is 0. The Morgan fingerprint density at radius 3 is 2.00 bits per heavy atom. The zero-order valence-corrected chi connectivity index (χ0v) is 15.2. The van der Waals surface area contributed by atoms with Crippen molar-refractivity contribution in [1.82, 2.24) is 5.32 Å². The summed E-state index contributed by atoms with van der Waals surface area (Å²) in [6, 6.07) is 14.5. The molecule has 6 nitrogen and oxygen atoms in total. The van der Waals surface area contributed by atoms with Gasteiger partial charge in [-0.25, -0.2) is 4.79 Å². The van der Waals surface area contributed by atoms with Gasteiger partial charge in [0.1, 0.15) is 6.04 Å². The van der Waals surface area contributed by atoms with E-state index >= 15 is 0 Å². The first-order valence-electron chi connectivity index (χ1n) is 8.70. The van der Waals surface area contributed by atoms with Gasteiger partial charge in [0, 0.05) is 6.42 Å². The second-order valence-corrected chi connectivity index (χ2v) is 6.31. The maximum absolute atomic E-state index is 13.1. The maximum atomic E-state index is 13.1. The Labute approximate surface area is 157 Å². The van der Waals surface area contributed by atoms with Crippen LogP contribution in [0.2, 0.25) is 0 Å². The molecular weight excluding hydrogens is 346 g/mol. The number of hydrogen-bond acceptors (Lipinski definition) is 5. The second-order valence-electron chi connectivity index (χ2n) is 6.31. The fraction of sp³-hybridized carbons (Fsp3) is 0.286. The highest BCUT2D eigenvalue weighted by atomic mass is 16.5. The van der Waals surface area contributed by atoms with Gasteiger partial charge in [0.05, 0.1) is 20.1 Å². The lowest BCUT2D eigenvalue weighted by Crippen LogP contribution is -2.43. The van der Waals surface area contributed by atoms with Gasteiger partial charge in [-0.15, -0.1) is 0 Å². The quantitative estimate of drug-likeness (QED) is 0.793. The molecule has 140 valence electrons. The number of ether oxygens (including phenoxy) is 2. The summed E-state index contributed by atoms with van der Waals surface area (Å²) in [5.41, 5.74) is 3.82. The van der Waals surface area contributed by atoms with E-state index in [1.807, 2.05) is 48.5 Å². The molecule has 2 aromatic carbocycles. The van der Waals surface area contributed by atoms with Crippen LogP contribution in [-0.4, -0.2) is 38.1 Å². The monoisotopic (exact) mass is 367 g/mol. The molecule has 0 saturated carbocycles. The van der Waals surface area contributed by atoms with Crippen LogP contribution in [-0.2, 0) is 23.9 Å². The van der Waals surface area contributed by atoms with E-state index in [0.29, 0.717) is 0 Å². The Morgan fingerprint density at radius 1 is 0.926 bits per heavy atom. The van der Waals surface area contributed by atoms with E-state index in [0.717, 1.165) is 22.3 Å². The molecule has 1 N–H and O–H groups in total. The van der Waals surface area contributed by atoms with E-state index in [-0.39, 0.29) is 18.7 Å². The molecule has 1 aliphatic carbocycles. The van der Waals surface area contributed by atoms with Crippen LogP contribution in [0.5, 0.6) is 0 Å². The summed E-state index contributed by atoms with van der Waals surface area (Å²) in [7, 11) is 2.53. The molecule has 0 unspecified atom stereocenters. The third-order valence-corrected chi connectivity index (χ3v) is 4.76. The Morgan fingerprint density at radius 2 is 1.48 bits per heavy atom. The SMILES string of the molecule is COC(=O)CC[C@@H](NC(=O)C1c2ccccc2-c2ccccc21)C(=O)OC. The number of methoxy groups -OCH3 is 2. The predicted octanol–water partition coefficient (Wildman–Crippen LogP) is 2.41. The van der Waals surface area contributed by atoms with E-state index in [1.54, 1.807) is 0 Å². The Hall–Kier alpha value is -3.15. The third kappa shape index (κ3) is 3.69. The fourth-order valence-corrected chi connectivity index (χ4v) is 3.45. The largest absolute Gasteiger partial charge is 0.469 e. The van der Waals surface area contributed by atoms with E-state index < -0.39 is 23.9 Å². The highest BCUT2D eigenvalue weighted by Crippen LogP contribution is 2.44. The van der Waals surface area contributed by atoms with Gasteiger partial charge in [-0.2, -0.15) is 0 Å². The van der Waals surface area contributed by atoms with Crippen molar-refractivity contribution in [1.29, 1.82) is 0 Å². The van der Waals surface area contributed by atoms with Crippen LogP contribution < -0.4 is 5.32 Å². The van der Waals surface area contributed by atoms with Gasteiger partial charge in [0.2, 0.25) is 5.91 Å². The number of benzene rings is 2. The molecule has 0 heterocycles. The van der Waals surface area contributed by atoms with Gasteiger partial charge >= 0.3 is 11.9 Å². The van der Waals surface area contributed by atoms with Crippen molar-refractivity contribution in [3.63, 3.8) is 0 Å². The number of carbonyl (C=O) groups excluding carboxylic acids is 3. The fourth-order valence-electron chi connectivity index (χ4n) is 3.45. The van der Waals surface area contributed by atoms with Crippen LogP contribution in [0.15, 0.2) is 48.5 Å². The molecule has 0 aliphatic heterocycles. The Balaban J connectivity index is 1.86. The minimum Gasteiger partial charge on any atom is -0.469 e. The lowest BCUT2D eigenvalue weighted by molar-refractivity contribution is -0.146. The van der Waals surface area contributed by atoms with Gasteiger partial charge in [0.25, 0.3) is 0 Å². The summed E-state index contributed by atoms with van der Waals surface area (Å²) in [4.78, 5) is 36.6. The van der Waals surface area contributed by atoms with Crippen molar-refractivity contribution in [3.8, 4) is 11.1 Å². The van der Waals surface area contributed by atoms with Crippen LogP contribution in [0.4, 0.5) is 0 Å². The first-order valence-corrected chi connectivity index (χ1v) is 8.70. The summed E-state index contributed by atoms with van der Waals surface area (Å²) in [5, 5.41) is 2.75. The standard InChI is InChI=1S/C21H21NO5/c1-26-18(23)12-11-17(21(25)27-2)22-20(24)19-15-9-5-3-7-13(15)14-8-4-6-10-16(14)19/h3-10,17,19H,11-12H2,1-2H3,(H,22,24)/t17-/m1/s1. The van der Waals surface area contributed by atoms with Gasteiger partial charge in [-0.1, -0.05) is 48.5 Å². The summed E-state index contributed by atoms with van der Waals surface area (Å²) < 4.78 is 9.38. The van der Waals surface area contributed by atoms with Crippen molar-refractivity contribution < 1.29 is 23.9 Å². The topological polar surface area (TPSA) is 81.7 Å². The van der Waals surface area contributed by atoms with Crippen molar-refractivity contribution in [2.75, 3.05) is 14.2 Å². The number of carbonyl (C=O) groups is 3. The Kier molecular flexibility index (Phi) is 5.54. The summed E-state index contributed by atoms with van der Waals surface area (Å²) in [5.74, 6) is -1.85. The first-order chi connectivity index (χ1) is 13.1. The number of rotatable bonds is 6. The molecule has 1 aliphatic rings. The number of fused-ring (bicyclic) bond motifs is 3. The summed E-state index contributed by atoms with van der Waals surface area (Å²) in [6.45, 7) is 0. The molecule has 3 rings (SSSR count). The molecule has 0 radical (unpaired) electrons. The molecule has 2 aromatic rings. The molecule has 0 aromatic heterocycles. The average Bonchev–Trinajstić information content (AvgIpc) is 3.04. The van der Waals surface area contributed by atoms with Crippen LogP contribution >= 0.6 is 0 Å². The molecule has 1 atom stereocenters. The van der Waals surface area contributed by atoms with Crippen LogP contribution in [0.25, 0.3) is 11.1 Å². The molecule has 1 amide bonds. The third-order valence-electron chi connectivity index (χ3n) is 4.76. The van der Waals surface area contributed by atoms with Gasteiger partial charge in [0.15, 0.2) is 0 Å². The Bertz CT molecular complexity index is 831. The van der Waals surface area contributed by atoms with Crippen molar-refractivity contribution in [2.45, 2.75) is 24.8 Å². The molecule has 0 spiro atoms. The minimum atomic E-state index is -0.915. The van der Waals surface area contributed by atoms with Crippen molar-refractivity contribution >= 4 is 17.8 Å². The van der Waals surface area contributed by atoms with Crippen molar-refractivity contribution in [2.24, 2.45) is 0 Å². The lowest BCUT2D eigenvalue weighted by atomic mass is 9.95. The molecule has 0 bridgehead atoms. The molecule has 0 saturated heterocycles. The molecule has 27 heavy (non-hydrogen) atoms. The molecule has 0 fully saturated rings. The highest BCUT2D eigenvalue weighted by molar-refractivity contribution is 5.97. The zero-order valence-electron chi connectivity index (χ0n) is 15.2. The zero-order chi connectivity index (χ0) is 19.4. The van der Waals surface area contributed by atoms with Gasteiger partial charge < -0.3 is 14.8 Å². The first kappa shape index (κ1) is 18.6. The normalized spacial score (nSPS) is 13.3. The lowest BCUT2D eigenvalue weighted by Gasteiger charge is -2.20. The second kappa shape index (κ2) is 8.03. The number of nitrogens with one attached hydrogen (secondary N) is 1. The molecule has 6 heteroatoms. The van der Waals surface area contributed by atoms with E-state index in [9.17, 15) is 14.4 Å². The van der Waals surface area contributed by atoms with Crippen LogP contribution in [0, 0.1) is 0 Å². The highest BCUT2D eigenvalue weighted by Gasteiger charge is 2.35. The maximum Gasteiger partial charge on any atom is 0.328 e. The van der Waals surface area contributed by atoms with E-state index in [2.05, 4.69) is 10.1 Å². The van der Waals surface area contributed by atoms with Crippen LogP contribution in [0.3, 0.4) is 0 Å². The van der Waals surface area contributed by atoms with E-state index in [4.69, 9.17) is 4.74 Å². The van der Waals surface area contributed by atoms with Gasteiger partial charge in [-0.3, -0.25) is 9.59 Å². The van der Waals surface area contributed by atoms with Crippen LogP contribution in [0.1, 0.15) is 29.9 Å². The number of esters is 2. The van der Waals surface area contributed by atoms with E-state index in [1.165, 1.54) is 14.2 Å².